The van der Waals surface area contributed by atoms with E-state index in [1.54, 1.807) is 4.90 Å². The average molecular weight is 438 g/mol. The Morgan fingerprint density at radius 1 is 1.06 bits per heavy atom. The van der Waals surface area contributed by atoms with Gasteiger partial charge in [0.25, 0.3) is 5.91 Å². The second-order valence-corrected chi connectivity index (χ2v) is 10.7. The first-order valence-electron chi connectivity index (χ1n) is 11.7. The fourth-order valence-electron chi connectivity index (χ4n) is 6.10. The van der Waals surface area contributed by atoms with Gasteiger partial charge in [0.15, 0.2) is 5.69 Å². The van der Waals surface area contributed by atoms with E-state index in [9.17, 15) is 14.7 Å². The molecular weight excluding hydrogens is 402 g/mol. The monoisotopic (exact) mass is 437 g/mol. The zero-order valence-electron chi connectivity index (χ0n) is 20.2. The van der Waals surface area contributed by atoms with E-state index in [4.69, 9.17) is 0 Å². The van der Waals surface area contributed by atoms with Crippen LogP contribution in [0, 0.1) is 13.8 Å². The lowest BCUT2D eigenvalue weighted by atomic mass is 9.75. The summed E-state index contributed by atoms with van der Waals surface area (Å²) in [5.74, 6) is -0.234. The Morgan fingerprint density at radius 2 is 1.66 bits per heavy atom. The minimum absolute atomic E-state index is 0.0474. The molecule has 32 heavy (non-hydrogen) atoms. The van der Waals surface area contributed by atoms with E-state index in [0.29, 0.717) is 18.8 Å². The van der Waals surface area contributed by atoms with Crippen molar-refractivity contribution in [3.05, 3.63) is 56.8 Å². The Kier molecular flexibility index (Phi) is 5.46. The maximum Gasteiger partial charge on any atom is 0.315 e. The number of aromatic nitrogens is 2. The summed E-state index contributed by atoms with van der Waals surface area (Å²) in [7, 11) is 0. The number of hydrogen-bond acceptors (Lipinski definition) is 4. The molecule has 6 heteroatoms. The summed E-state index contributed by atoms with van der Waals surface area (Å²) in [4.78, 5) is 32.2. The SMILES string of the molecule is Cc1cc(C)cc(C2(Cc3nc(=O)c(O)c4n3CC(C)(C)N(C(C)C)C4=O)CCCC2)c1. The zero-order chi connectivity index (χ0) is 23.4. The van der Waals surface area contributed by atoms with Gasteiger partial charge in [0.2, 0.25) is 5.75 Å². The van der Waals surface area contributed by atoms with Gasteiger partial charge in [0.05, 0.1) is 5.54 Å². The highest BCUT2D eigenvalue weighted by atomic mass is 16.3. The van der Waals surface area contributed by atoms with Crippen molar-refractivity contribution >= 4 is 5.91 Å². The minimum atomic E-state index is -0.711. The molecule has 0 unspecified atom stereocenters. The van der Waals surface area contributed by atoms with E-state index in [-0.39, 0.29) is 23.1 Å². The highest BCUT2D eigenvalue weighted by Crippen LogP contribution is 2.44. The second-order valence-electron chi connectivity index (χ2n) is 10.7. The quantitative estimate of drug-likeness (QED) is 0.775. The smallest absolute Gasteiger partial charge is 0.315 e. The molecule has 1 aromatic heterocycles. The van der Waals surface area contributed by atoms with E-state index < -0.39 is 16.8 Å². The van der Waals surface area contributed by atoms with Gasteiger partial charge in [-0.05, 0) is 59.9 Å². The molecule has 6 nitrogen and oxygen atoms in total. The Morgan fingerprint density at radius 3 is 2.22 bits per heavy atom. The molecule has 0 spiro atoms. The lowest BCUT2D eigenvalue weighted by Crippen LogP contribution is -2.58. The molecule has 0 saturated heterocycles. The molecule has 1 amide bonds. The first-order chi connectivity index (χ1) is 14.9. The van der Waals surface area contributed by atoms with E-state index >= 15 is 0 Å². The predicted molar refractivity (Wildman–Crippen MR) is 125 cm³/mol. The maximum atomic E-state index is 13.5. The van der Waals surface area contributed by atoms with Crippen molar-refractivity contribution in [1.29, 1.82) is 0 Å². The molecule has 0 bridgehead atoms. The van der Waals surface area contributed by atoms with Crippen molar-refractivity contribution < 1.29 is 9.90 Å². The molecule has 0 atom stereocenters. The molecule has 2 aliphatic rings. The summed E-state index contributed by atoms with van der Waals surface area (Å²) in [5, 5.41) is 10.6. The Balaban J connectivity index is 1.88. The summed E-state index contributed by atoms with van der Waals surface area (Å²) < 4.78 is 1.82. The van der Waals surface area contributed by atoms with Gasteiger partial charge in [-0.2, -0.15) is 4.98 Å². The topological polar surface area (TPSA) is 75.4 Å². The molecule has 1 aromatic carbocycles. The van der Waals surface area contributed by atoms with Crippen LogP contribution in [-0.4, -0.2) is 37.0 Å². The molecule has 1 fully saturated rings. The number of rotatable bonds is 4. The van der Waals surface area contributed by atoms with Crippen LogP contribution in [-0.2, 0) is 18.4 Å². The van der Waals surface area contributed by atoms with E-state index in [0.717, 1.165) is 25.7 Å². The second kappa shape index (κ2) is 7.75. The van der Waals surface area contributed by atoms with Crippen molar-refractivity contribution in [2.75, 3.05) is 0 Å². The lowest BCUT2D eigenvalue weighted by molar-refractivity contribution is 0.0283. The van der Waals surface area contributed by atoms with Gasteiger partial charge in [-0.15, -0.1) is 0 Å². The van der Waals surface area contributed by atoms with Gasteiger partial charge in [-0.25, -0.2) is 0 Å². The highest BCUT2D eigenvalue weighted by molar-refractivity contribution is 5.96. The van der Waals surface area contributed by atoms with Gasteiger partial charge < -0.3 is 14.6 Å². The first-order valence-corrected chi connectivity index (χ1v) is 11.7. The number of hydrogen-bond donors (Lipinski definition) is 1. The number of nitrogens with zero attached hydrogens (tertiary/aromatic N) is 3. The average Bonchev–Trinajstić information content (AvgIpc) is 3.13. The third-order valence-electron chi connectivity index (χ3n) is 7.27. The molecular formula is C26H35N3O3. The van der Waals surface area contributed by atoms with Crippen LogP contribution in [0.3, 0.4) is 0 Å². The molecule has 1 aliphatic heterocycles. The number of fused-ring (bicyclic) bond motifs is 1. The summed E-state index contributed by atoms with van der Waals surface area (Å²) >= 11 is 0. The summed E-state index contributed by atoms with van der Waals surface area (Å²) in [5.41, 5.74) is 2.54. The number of aromatic hydroxyl groups is 1. The van der Waals surface area contributed by atoms with Crippen molar-refractivity contribution in [3.63, 3.8) is 0 Å². The van der Waals surface area contributed by atoms with E-state index in [1.807, 2.05) is 32.3 Å². The van der Waals surface area contributed by atoms with Crippen LogP contribution in [0.2, 0.25) is 0 Å². The first kappa shape index (κ1) is 22.6. The predicted octanol–water partition coefficient (Wildman–Crippen LogP) is 4.26. The van der Waals surface area contributed by atoms with Crippen LogP contribution < -0.4 is 5.56 Å². The normalized spacial score (nSPS) is 19.5. The van der Waals surface area contributed by atoms with Crippen molar-refractivity contribution in [2.45, 2.75) is 97.2 Å². The maximum absolute atomic E-state index is 13.5. The van der Waals surface area contributed by atoms with Gasteiger partial charge in [0, 0.05) is 24.4 Å². The van der Waals surface area contributed by atoms with Crippen molar-refractivity contribution in [2.24, 2.45) is 0 Å². The third-order valence-corrected chi connectivity index (χ3v) is 7.27. The van der Waals surface area contributed by atoms with Crippen molar-refractivity contribution in [1.82, 2.24) is 14.5 Å². The van der Waals surface area contributed by atoms with Crippen LogP contribution >= 0.6 is 0 Å². The van der Waals surface area contributed by atoms with E-state index in [2.05, 4.69) is 37.0 Å². The molecule has 4 rings (SSSR count). The minimum Gasteiger partial charge on any atom is -0.501 e. The largest absolute Gasteiger partial charge is 0.501 e. The highest BCUT2D eigenvalue weighted by Gasteiger charge is 2.44. The number of benzene rings is 1. The third kappa shape index (κ3) is 3.63. The molecule has 2 heterocycles. The summed E-state index contributed by atoms with van der Waals surface area (Å²) in [6, 6.07) is 6.64. The molecule has 0 radical (unpaired) electrons. The number of aryl methyl sites for hydroxylation is 2. The Labute approximate surface area is 190 Å². The number of carbonyl (C=O) groups is 1. The fourth-order valence-corrected chi connectivity index (χ4v) is 6.10. The molecule has 1 saturated carbocycles. The summed E-state index contributed by atoms with van der Waals surface area (Å²) in [6.07, 6.45) is 4.90. The summed E-state index contributed by atoms with van der Waals surface area (Å²) in [6.45, 7) is 12.7. The van der Waals surface area contributed by atoms with E-state index in [1.165, 1.54) is 16.7 Å². The van der Waals surface area contributed by atoms with Crippen molar-refractivity contribution in [3.8, 4) is 5.75 Å². The van der Waals surface area contributed by atoms with Crippen LogP contribution in [0.15, 0.2) is 23.0 Å². The number of carbonyl (C=O) groups excluding carboxylic acids is 1. The molecule has 2 aromatic rings. The van der Waals surface area contributed by atoms with Gasteiger partial charge in [-0.3, -0.25) is 9.59 Å². The lowest BCUT2D eigenvalue weighted by Gasteiger charge is -2.46. The Bertz CT molecular complexity index is 1100. The molecule has 1 aliphatic carbocycles. The van der Waals surface area contributed by atoms with Crippen LogP contribution in [0.5, 0.6) is 5.75 Å². The van der Waals surface area contributed by atoms with Crippen LogP contribution in [0.25, 0.3) is 0 Å². The van der Waals surface area contributed by atoms with Gasteiger partial charge >= 0.3 is 5.56 Å². The molecule has 172 valence electrons. The fraction of sp³-hybridized carbons (Fsp3) is 0.577. The Hall–Kier alpha value is -2.63. The zero-order valence-corrected chi connectivity index (χ0v) is 20.2. The number of amides is 1. The van der Waals surface area contributed by atoms with Gasteiger partial charge in [0.1, 0.15) is 5.82 Å². The van der Waals surface area contributed by atoms with Crippen LogP contribution in [0.4, 0.5) is 0 Å². The molecule has 1 N–H and O–H groups in total. The van der Waals surface area contributed by atoms with Crippen LogP contribution in [0.1, 0.15) is 86.4 Å². The van der Waals surface area contributed by atoms with Gasteiger partial charge in [-0.1, -0.05) is 42.2 Å². The standard InChI is InChI=1S/C26H35N3O3/c1-16(2)29-24(32)21-22(30)23(31)27-20(28(21)15-25(29,5)6)14-26(9-7-8-10-26)19-12-17(3)11-18(4)13-19/h11-13,16,30H,7-10,14-15H2,1-6H3.